The summed E-state index contributed by atoms with van der Waals surface area (Å²) in [5.74, 6) is 0.0520. The van der Waals surface area contributed by atoms with Gasteiger partial charge in [-0.25, -0.2) is 15.0 Å². The van der Waals surface area contributed by atoms with E-state index in [0.717, 1.165) is 18.6 Å². The molecule has 1 N–H and O–H groups in total. The first-order chi connectivity index (χ1) is 15.7. The summed E-state index contributed by atoms with van der Waals surface area (Å²) in [5, 5.41) is 4.13. The number of amides is 2. The third-order valence-corrected chi connectivity index (χ3v) is 5.97. The number of piperidine rings is 1. The largest absolute Gasteiger partial charge is 0.448 e. The van der Waals surface area contributed by atoms with Crippen LogP contribution in [-0.2, 0) is 9.47 Å². The topological polar surface area (TPSA) is 80.2 Å². The van der Waals surface area contributed by atoms with Gasteiger partial charge in [0.2, 0.25) is 0 Å². The molecule has 0 radical (unpaired) electrons. The monoisotopic (exact) mass is 435 g/mol. The molecular weight excluding hydrogens is 406 g/mol. The minimum atomic E-state index is -0.537. The molecule has 168 valence electrons. The third kappa shape index (κ3) is 4.93. The highest BCUT2D eigenvalue weighted by Crippen LogP contribution is 2.44. The molecule has 1 aliphatic carbocycles. The molecule has 2 aliphatic rings. The molecule has 7 heteroatoms. The quantitative estimate of drug-likeness (QED) is 0.516. The number of ether oxygens (including phenoxy) is 2. The van der Waals surface area contributed by atoms with Crippen molar-refractivity contribution in [1.29, 1.82) is 0 Å². The lowest BCUT2D eigenvalue weighted by atomic mass is 9.98. The Hall–Kier alpha value is -3.35. The second-order valence-corrected chi connectivity index (χ2v) is 8.07. The summed E-state index contributed by atoms with van der Waals surface area (Å²) in [6.45, 7) is 3.77. The molecule has 2 aromatic carbocycles. The van der Waals surface area contributed by atoms with Gasteiger partial charge in [-0.1, -0.05) is 61.9 Å². The Kier molecular flexibility index (Phi) is 7.04. The highest BCUT2D eigenvalue weighted by molar-refractivity contribution is 5.87. The van der Waals surface area contributed by atoms with Crippen LogP contribution in [-0.4, -0.2) is 49.1 Å². The van der Waals surface area contributed by atoms with Crippen LogP contribution in [0.25, 0.3) is 11.1 Å². The van der Waals surface area contributed by atoms with E-state index in [4.69, 9.17) is 9.47 Å². The minimum absolute atomic E-state index is 0.0520. The van der Waals surface area contributed by atoms with Crippen molar-refractivity contribution in [3.8, 4) is 11.1 Å². The van der Waals surface area contributed by atoms with Crippen molar-refractivity contribution in [2.45, 2.75) is 38.5 Å². The fraction of sp³-hybridized carbons (Fsp3) is 0.400. The molecule has 1 fully saturated rings. The standard InChI is InChI=1S/C25H29N3O4/c1-2-3-16-31-24(29)27-26-18-12-14-28(15-13-18)25(30)32-17-23-21-10-6-4-8-19(21)20-9-5-7-11-22(20)23/h4-11,23H,2-3,12-17H2,1H3,(H,27,29). The van der Waals surface area contributed by atoms with E-state index in [2.05, 4.69) is 34.8 Å². The summed E-state index contributed by atoms with van der Waals surface area (Å²) in [5.41, 5.74) is 8.10. The first kappa shape index (κ1) is 21.9. The Morgan fingerprint density at radius 2 is 1.62 bits per heavy atom. The fourth-order valence-electron chi connectivity index (χ4n) is 4.21. The number of likely N-dealkylation sites (tertiary alicyclic amines) is 1. The highest BCUT2D eigenvalue weighted by atomic mass is 16.6. The van der Waals surface area contributed by atoms with Gasteiger partial charge in [0.05, 0.1) is 6.61 Å². The molecular formula is C25H29N3O4. The van der Waals surface area contributed by atoms with E-state index in [9.17, 15) is 9.59 Å². The Morgan fingerprint density at radius 1 is 1.00 bits per heavy atom. The van der Waals surface area contributed by atoms with E-state index < -0.39 is 6.09 Å². The van der Waals surface area contributed by atoms with Gasteiger partial charge < -0.3 is 14.4 Å². The Morgan fingerprint density at radius 3 is 2.25 bits per heavy atom. The van der Waals surface area contributed by atoms with Crippen molar-refractivity contribution < 1.29 is 19.1 Å². The molecule has 2 amide bonds. The zero-order chi connectivity index (χ0) is 22.3. The average Bonchev–Trinajstić information content (AvgIpc) is 3.15. The van der Waals surface area contributed by atoms with Gasteiger partial charge in [0.25, 0.3) is 0 Å². The fourth-order valence-corrected chi connectivity index (χ4v) is 4.21. The summed E-state index contributed by atoms with van der Waals surface area (Å²) >= 11 is 0. The number of hydrazone groups is 1. The lowest BCUT2D eigenvalue weighted by Gasteiger charge is -2.27. The van der Waals surface area contributed by atoms with Crippen molar-refractivity contribution in [3.05, 3.63) is 59.7 Å². The van der Waals surface area contributed by atoms with Crippen LogP contribution in [0.5, 0.6) is 0 Å². The second kappa shape index (κ2) is 10.3. The van der Waals surface area contributed by atoms with Crippen LogP contribution in [0, 0.1) is 0 Å². The first-order valence-electron chi connectivity index (χ1n) is 11.3. The maximum Gasteiger partial charge on any atom is 0.427 e. The molecule has 1 heterocycles. The molecule has 2 aromatic rings. The molecule has 0 spiro atoms. The van der Waals surface area contributed by atoms with E-state index >= 15 is 0 Å². The van der Waals surface area contributed by atoms with Gasteiger partial charge in [0.15, 0.2) is 0 Å². The van der Waals surface area contributed by atoms with E-state index in [1.165, 1.54) is 22.3 Å². The molecule has 0 atom stereocenters. The molecule has 1 aliphatic heterocycles. The number of unbranched alkanes of at least 4 members (excludes halogenated alkanes) is 1. The number of carbonyl (C=O) groups is 2. The predicted molar refractivity (Wildman–Crippen MR) is 123 cm³/mol. The zero-order valence-corrected chi connectivity index (χ0v) is 18.4. The van der Waals surface area contributed by atoms with Gasteiger partial charge in [-0.2, -0.15) is 5.10 Å². The third-order valence-electron chi connectivity index (χ3n) is 5.97. The molecule has 0 unspecified atom stereocenters. The lowest BCUT2D eigenvalue weighted by molar-refractivity contribution is 0.0994. The smallest absolute Gasteiger partial charge is 0.427 e. The maximum atomic E-state index is 12.7. The summed E-state index contributed by atoms with van der Waals surface area (Å²) in [4.78, 5) is 26.0. The normalized spacial score (nSPS) is 15.0. The van der Waals surface area contributed by atoms with Crippen LogP contribution in [0.3, 0.4) is 0 Å². The van der Waals surface area contributed by atoms with E-state index in [-0.39, 0.29) is 12.0 Å². The number of nitrogens with one attached hydrogen (secondary N) is 1. The Labute approximate surface area is 188 Å². The molecule has 32 heavy (non-hydrogen) atoms. The first-order valence-corrected chi connectivity index (χ1v) is 11.3. The molecule has 0 saturated carbocycles. The zero-order valence-electron chi connectivity index (χ0n) is 18.4. The van der Waals surface area contributed by atoms with Crippen LogP contribution in [0.1, 0.15) is 49.7 Å². The van der Waals surface area contributed by atoms with Gasteiger partial charge in [-0.3, -0.25) is 0 Å². The number of hydrogen-bond donors (Lipinski definition) is 1. The van der Waals surface area contributed by atoms with Crippen molar-refractivity contribution in [3.63, 3.8) is 0 Å². The minimum Gasteiger partial charge on any atom is -0.448 e. The summed E-state index contributed by atoms with van der Waals surface area (Å²) in [6, 6.07) is 16.6. The van der Waals surface area contributed by atoms with Gasteiger partial charge >= 0.3 is 12.2 Å². The summed E-state index contributed by atoms with van der Waals surface area (Å²) in [6.07, 6.45) is 2.15. The predicted octanol–water partition coefficient (Wildman–Crippen LogP) is 4.91. The molecule has 0 bridgehead atoms. The number of rotatable bonds is 6. The van der Waals surface area contributed by atoms with Crippen molar-refractivity contribution in [2.75, 3.05) is 26.3 Å². The van der Waals surface area contributed by atoms with Gasteiger partial charge in [-0.15, -0.1) is 0 Å². The molecule has 7 nitrogen and oxygen atoms in total. The number of hydrogen-bond acceptors (Lipinski definition) is 5. The van der Waals surface area contributed by atoms with Crippen LogP contribution < -0.4 is 5.43 Å². The molecule has 1 saturated heterocycles. The van der Waals surface area contributed by atoms with E-state index in [1.54, 1.807) is 4.90 Å². The maximum absolute atomic E-state index is 12.7. The van der Waals surface area contributed by atoms with Crippen molar-refractivity contribution in [1.82, 2.24) is 10.3 Å². The van der Waals surface area contributed by atoms with Crippen molar-refractivity contribution >= 4 is 17.9 Å². The van der Waals surface area contributed by atoms with E-state index in [0.29, 0.717) is 39.1 Å². The number of fused-ring (bicyclic) bond motifs is 3. The Balaban J connectivity index is 1.27. The van der Waals surface area contributed by atoms with Crippen LogP contribution in [0.15, 0.2) is 53.6 Å². The Bertz CT molecular complexity index is 949. The molecule has 4 rings (SSSR count). The second-order valence-electron chi connectivity index (χ2n) is 8.07. The SMILES string of the molecule is CCCCOC(=O)NN=C1CCN(C(=O)OCC2c3ccccc3-c3ccccc32)CC1. The van der Waals surface area contributed by atoms with Gasteiger partial charge in [0, 0.05) is 37.6 Å². The van der Waals surface area contributed by atoms with Gasteiger partial charge in [-0.05, 0) is 28.7 Å². The average molecular weight is 436 g/mol. The van der Waals surface area contributed by atoms with Crippen LogP contribution in [0.2, 0.25) is 0 Å². The number of benzene rings is 2. The van der Waals surface area contributed by atoms with Gasteiger partial charge in [0.1, 0.15) is 6.61 Å². The lowest BCUT2D eigenvalue weighted by Crippen LogP contribution is -2.40. The summed E-state index contributed by atoms with van der Waals surface area (Å²) in [7, 11) is 0. The van der Waals surface area contributed by atoms with Crippen LogP contribution >= 0.6 is 0 Å². The molecule has 0 aromatic heterocycles. The van der Waals surface area contributed by atoms with Crippen molar-refractivity contribution in [2.24, 2.45) is 5.10 Å². The number of nitrogens with zero attached hydrogens (tertiary/aromatic N) is 2. The number of carbonyl (C=O) groups excluding carboxylic acids is 2. The highest BCUT2D eigenvalue weighted by Gasteiger charge is 2.30. The summed E-state index contributed by atoms with van der Waals surface area (Å²) < 4.78 is 10.7. The van der Waals surface area contributed by atoms with E-state index in [1.807, 2.05) is 31.2 Å². The van der Waals surface area contributed by atoms with Crippen LogP contribution in [0.4, 0.5) is 9.59 Å².